The molecule has 0 bridgehead atoms. The highest BCUT2D eigenvalue weighted by Crippen LogP contribution is 2.35. The molecule has 1 aromatic carbocycles. The quantitative estimate of drug-likeness (QED) is 0.462. The Labute approximate surface area is 187 Å². The predicted octanol–water partition coefficient (Wildman–Crippen LogP) is 2.71. The Morgan fingerprint density at radius 2 is 1.87 bits per heavy atom. The van der Waals surface area contributed by atoms with Crippen molar-refractivity contribution >= 4 is 22.9 Å². The van der Waals surface area contributed by atoms with E-state index in [9.17, 15) is 24.8 Å². The molecule has 1 aliphatic rings. The van der Waals surface area contributed by atoms with Crippen LogP contribution >= 0.6 is 22.9 Å². The van der Waals surface area contributed by atoms with Gasteiger partial charge in [0.05, 0.1) is 11.5 Å². The molecule has 0 radical (unpaired) electrons. The topological polar surface area (TPSA) is 103 Å². The first-order valence-corrected chi connectivity index (χ1v) is 10.9. The molecule has 0 unspecified atom stereocenters. The molecule has 31 heavy (non-hydrogen) atoms. The zero-order chi connectivity index (χ0) is 22.1. The highest BCUT2D eigenvalue weighted by Gasteiger charge is 2.44. The van der Waals surface area contributed by atoms with E-state index in [1.165, 1.54) is 23.5 Å². The molecule has 3 heterocycles. The number of rotatable bonds is 5. The molecule has 1 saturated heterocycles. The lowest BCUT2D eigenvalue weighted by molar-refractivity contribution is -0.231. The summed E-state index contributed by atoms with van der Waals surface area (Å²) in [6.45, 7) is -0.496. The van der Waals surface area contributed by atoms with E-state index < -0.39 is 42.9 Å². The minimum Gasteiger partial charge on any atom is -0.394 e. The van der Waals surface area contributed by atoms with Crippen LogP contribution in [0.3, 0.4) is 0 Å². The van der Waals surface area contributed by atoms with E-state index in [2.05, 4.69) is 4.98 Å². The molecule has 0 aliphatic carbocycles. The van der Waals surface area contributed by atoms with Gasteiger partial charge in [-0.2, -0.15) is 0 Å². The number of aliphatic hydroxyl groups excluding tert-OH is 4. The Balaban J connectivity index is 1.59. The van der Waals surface area contributed by atoms with E-state index in [4.69, 9.17) is 16.3 Å². The number of thiophene rings is 1. The zero-order valence-corrected chi connectivity index (χ0v) is 17.8. The number of halogens is 2. The number of pyridine rings is 1. The normalized spacial score (nSPS) is 26.2. The smallest absolute Gasteiger partial charge is 0.150 e. The second kappa shape index (κ2) is 9.30. The Bertz CT molecular complexity index is 1060. The van der Waals surface area contributed by atoms with Crippen molar-refractivity contribution in [1.29, 1.82) is 0 Å². The first-order valence-electron chi connectivity index (χ1n) is 9.67. The molecule has 3 aromatic rings. The molecule has 1 aliphatic heterocycles. The Morgan fingerprint density at radius 1 is 1.06 bits per heavy atom. The van der Waals surface area contributed by atoms with Crippen LogP contribution in [0.25, 0.3) is 10.6 Å². The number of ether oxygens (including phenoxy) is 1. The maximum absolute atomic E-state index is 14.0. The van der Waals surface area contributed by atoms with Gasteiger partial charge in [0.2, 0.25) is 0 Å². The highest BCUT2D eigenvalue weighted by atomic mass is 35.5. The van der Waals surface area contributed by atoms with Crippen LogP contribution in [-0.4, -0.2) is 56.4 Å². The lowest BCUT2D eigenvalue weighted by Gasteiger charge is -2.40. The molecule has 5 atom stereocenters. The van der Waals surface area contributed by atoms with Gasteiger partial charge < -0.3 is 25.2 Å². The first kappa shape index (κ1) is 22.3. The van der Waals surface area contributed by atoms with Gasteiger partial charge in [-0.3, -0.25) is 4.98 Å². The van der Waals surface area contributed by atoms with Crippen molar-refractivity contribution < 1.29 is 29.6 Å². The summed E-state index contributed by atoms with van der Waals surface area (Å²) in [5, 5.41) is 40.4. The summed E-state index contributed by atoms with van der Waals surface area (Å²) in [6, 6.07) is 11.7. The third-order valence-electron chi connectivity index (χ3n) is 5.31. The molecule has 4 rings (SSSR count). The molecule has 0 spiro atoms. The number of hydrogen-bond donors (Lipinski definition) is 4. The predicted molar refractivity (Wildman–Crippen MR) is 114 cm³/mol. The standard InChI is InChI=1S/C22H21ClFNO5S/c23-14-5-3-11(22-21(29)20(28)19(27)16(10-26)30-22)8-12(14)9-13-4-6-17(31-13)18-15(24)2-1-7-25-18/h1-8,16,19-22,26-29H,9-10H2/t16-,19-,20+,21-,22+/m1/s1. The molecular weight excluding hydrogens is 445 g/mol. The van der Waals surface area contributed by atoms with Crippen LogP contribution in [-0.2, 0) is 11.2 Å². The zero-order valence-electron chi connectivity index (χ0n) is 16.2. The summed E-state index contributed by atoms with van der Waals surface area (Å²) in [5.41, 5.74) is 1.61. The van der Waals surface area contributed by atoms with Gasteiger partial charge >= 0.3 is 0 Å². The minimum absolute atomic E-state index is 0.292. The second-order valence-corrected chi connectivity index (χ2v) is 8.95. The van der Waals surface area contributed by atoms with E-state index >= 15 is 0 Å². The number of aromatic nitrogens is 1. The van der Waals surface area contributed by atoms with E-state index in [-0.39, 0.29) is 0 Å². The van der Waals surface area contributed by atoms with Crippen molar-refractivity contribution in [2.75, 3.05) is 6.61 Å². The number of benzene rings is 1. The minimum atomic E-state index is -1.46. The SMILES string of the molecule is OC[C@H]1O[C@@H](c2ccc(Cl)c(Cc3ccc(-c4ncccc4F)s3)c2)[C@H](O)[C@@H](O)[C@@H]1O. The van der Waals surface area contributed by atoms with Crippen LogP contribution in [0.4, 0.5) is 4.39 Å². The Kier molecular flexibility index (Phi) is 6.68. The van der Waals surface area contributed by atoms with Gasteiger partial charge in [0.15, 0.2) is 0 Å². The first-order chi connectivity index (χ1) is 14.9. The van der Waals surface area contributed by atoms with Gasteiger partial charge in [0.1, 0.15) is 42.0 Å². The maximum atomic E-state index is 14.0. The average molecular weight is 466 g/mol. The molecular formula is C22H21ClFNO5S. The highest BCUT2D eigenvalue weighted by molar-refractivity contribution is 7.15. The van der Waals surface area contributed by atoms with Crippen LogP contribution in [0.2, 0.25) is 5.02 Å². The van der Waals surface area contributed by atoms with E-state index in [1.54, 1.807) is 30.5 Å². The van der Waals surface area contributed by atoms with Crippen molar-refractivity contribution in [3.8, 4) is 10.6 Å². The van der Waals surface area contributed by atoms with Gasteiger partial charge in [0, 0.05) is 22.5 Å². The lowest BCUT2D eigenvalue weighted by Crippen LogP contribution is -2.55. The van der Waals surface area contributed by atoms with Crippen LogP contribution < -0.4 is 0 Å². The maximum Gasteiger partial charge on any atom is 0.150 e. The van der Waals surface area contributed by atoms with E-state index in [0.717, 1.165) is 10.4 Å². The average Bonchev–Trinajstić information content (AvgIpc) is 3.23. The summed E-state index contributed by atoms with van der Waals surface area (Å²) >= 11 is 7.78. The van der Waals surface area contributed by atoms with Crippen molar-refractivity contribution in [2.45, 2.75) is 36.9 Å². The lowest BCUT2D eigenvalue weighted by atomic mass is 9.90. The Hall–Kier alpha value is -1.91. The molecule has 0 saturated carbocycles. The van der Waals surface area contributed by atoms with E-state index in [0.29, 0.717) is 27.6 Å². The fourth-order valence-corrected chi connectivity index (χ4v) is 4.85. The molecule has 0 amide bonds. The second-order valence-electron chi connectivity index (χ2n) is 7.38. The van der Waals surface area contributed by atoms with Crippen LogP contribution in [0.1, 0.15) is 22.1 Å². The molecule has 164 valence electrons. The van der Waals surface area contributed by atoms with Crippen molar-refractivity contribution in [3.63, 3.8) is 0 Å². The van der Waals surface area contributed by atoms with Gasteiger partial charge in [-0.25, -0.2) is 4.39 Å². The number of hydrogen-bond acceptors (Lipinski definition) is 7. The molecule has 4 N–H and O–H groups in total. The van der Waals surface area contributed by atoms with Crippen LogP contribution in [0, 0.1) is 5.82 Å². The van der Waals surface area contributed by atoms with Crippen molar-refractivity contribution in [3.05, 3.63) is 75.5 Å². The number of nitrogens with zero attached hydrogens (tertiary/aromatic N) is 1. The molecule has 2 aromatic heterocycles. The summed E-state index contributed by atoms with van der Waals surface area (Å²) in [5.74, 6) is -0.390. The van der Waals surface area contributed by atoms with Crippen LogP contribution in [0.15, 0.2) is 48.7 Å². The van der Waals surface area contributed by atoms with Gasteiger partial charge in [-0.15, -0.1) is 11.3 Å². The summed E-state index contributed by atoms with van der Waals surface area (Å²) in [4.78, 5) is 5.74. The fourth-order valence-electron chi connectivity index (χ4n) is 3.64. The van der Waals surface area contributed by atoms with E-state index in [1.807, 2.05) is 6.07 Å². The van der Waals surface area contributed by atoms with Crippen molar-refractivity contribution in [2.24, 2.45) is 0 Å². The summed E-state index contributed by atoms with van der Waals surface area (Å²) in [6.07, 6.45) is -4.17. The summed E-state index contributed by atoms with van der Waals surface area (Å²) in [7, 11) is 0. The molecule has 6 nitrogen and oxygen atoms in total. The fraction of sp³-hybridized carbons (Fsp3) is 0.318. The Morgan fingerprint density at radius 3 is 2.61 bits per heavy atom. The number of aliphatic hydroxyl groups is 4. The molecule has 9 heteroatoms. The van der Waals surface area contributed by atoms with Crippen molar-refractivity contribution in [1.82, 2.24) is 4.98 Å². The molecule has 1 fully saturated rings. The van der Waals surface area contributed by atoms with Crippen LogP contribution in [0.5, 0.6) is 0 Å². The largest absolute Gasteiger partial charge is 0.394 e. The summed E-state index contributed by atoms with van der Waals surface area (Å²) < 4.78 is 19.7. The third-order valence-corrected chi connectivity index (χ3v) is 6.77. The third kappa shape index (κ3) is 4.51. The van der Waals surface area contributed by atoms with Gasteiger partial charge in [0.25, 0.3) is 0 Å². The van der Waals surface area contributed by atoms with Gasteiger partial charge in [-0.05, 0) is 41.5 Å². The monoisotopic (exact) mass is 465 g/mol. The van der Waals surface area contributed by atoms with Gasteiger partial charge in [-0.1, -0.05) is 23.7 Å².